The Kier molecular flexibility index (Phi) is 9.72. The highest BCUT2D eigenvalue weighted by atomic mass is 19.4. The van der Waals surface area contributed by atoms with Crippen LogP contribution >= 0.6 is 0 Å². The van der Waals surface area contributed by atoms with Crippen molar-refractivity contribution in [3.63, 3.8) is 0 Å². The number of anilines is 4. The van der Waals surface area contributed by atoms with Gasteiger partial charge in [0.1, 0.15) is 35.8 Å². The number of nitrogens with zero attached hydrogens (tertiary/aromatic N) is 8. The molecule has 0 amide bonds. The number of pyridine rings is 4. The van der Waals surface area contributed by atoms with E-state index >= 15 is 0 Å². The smallest absolute Gasteiger partial charge is 0.339 e. The third-order valence-electron chi connectivity index (χ3n) is 7.81. The van der Waals surface area contributed by atoms with Gasteiger partial charge in [-0.2, -0.15) is 26.3 Å². The first-order valence-electron chi connectivity index (χ1n) is 15.9. The molecule has 0 fully saturated rings. The van der Waals surface area contributed by atoms with E-state index < -0.39 is 23.6 Å². The quantitative estimate of drug-likeness (QED) is 0.159. The minimum Gasteiger partial charge on any atom is -0.339 e. The fourth-order valence-corrected chi connectivity index (χ4v) is 5.17. The molecule has 0 saturated heterocycles. The Morgan fingerprint density at radius 3 is 1.54 bits per heavy atom. The predicted octanol–water partition coefficient (Wildman–Crippen LogP) is 9.70. The summed E-state index contributed by atoms with van der Waals surface area (Å²) in [6, 6.07) is 27.1. The molecule has 54 heavy (non-hydrogen) atoms. The summed E-state index contributed by atoms with van der Waals surface area (Å²) in [6.45, 7) is 0. The highest BCUT2D eigenvalue weighted by Gasteiger charge is 2.32. The van der Waals surface area contributed by atoms with E-state index in [9.17, 15) is 26.3 Å². The van der Waals surface area contributed by atoms with Crippen LogP contribution < -0.4 is 10.6 Å². The lowest BCUT2D eigenvalue weighted by molar-refractivity contribution is -0.141. The zero-order valence-corrected chi connectivity index (χ0v) is 27.5. The predicted molar refractivity (Wildman–Crippen MR) is 191 cm³/mol. The first kappa shape index (κ1) is 35.3. The molecule has 0 aliphatic carbocycles. The Morgan fingerprint density at radius 1 is 0.444 bits per heavy atom. The number of aromatic nitrogens is 8. The number of halogens is 6. The second-order valence-corrected chi connectivity index (χ2v) is 11.5. The van der Waals surface area contributed by atoms with E-state index in [1.165, 1.54) is 24.8 Å². The van der Waals surface area contributed by atoms with Crippen LogP contribution in [0.5, 0.6) is 0 Å². The van der Waals surface area contributed by atoms with Gasteiger partial charge in [0.25, 0.3) is 0 Å². The maximum Gasteiger partial charge on any atom is 0.433 e. The molecule has 0 radical (unpaired) electrons. The lowest BCUT2D eigenvalue weighted by Crippen LogP contribution is -2.07. The van der Waals surface area contributed by atoms with E-state index in [1.807, 2.05) is 60.7 Å². The molecule has 0 saturated carbocycles. The molecule has 8 rings (SSSR count). The molecule has 0 atom stereocenters. The normalized spacial score (nSPS) is 11.5. The van der Waals surface area contributed by atoms with E-state index in [0.717, 1.165) is 57.5 Å². The third-order valence-corrected chi connectivity index (χ3v) is 7.81. The monoisotopic (exact) mass is 734 g/mol. The van der Waals surface area contributed by atoms with Crippen LogP contribution in [0.3, 0.4) is 0 Å². The van der Waals surface area contributed by atoms with Gasteiger partial charge < -0.3 is 10.6 Å². The van der Waals surface area contributed by atoms with Crippen LogP contribution in [0.4, 0.5) is 49.5 Å². The molecule has 0 aliphatic heterocycles. The molecule has 0 aliphatic rings. The van der Waals surface area contributed by atoms with Gasteiger partial charge in [0.2, 0.25) is 0 Å². The Labute approximate surface area is 302 Å². The molecular weight excluding hydrogens is 710 g/mol. The molecule has 0 spiro atoms. The molecule has 16 heteroatoms. The number of fused-ring (bicyclic) bond motifs is 2. The van der Waals surface area contributed by atoms with Gasteiger partial charge >= 0.3 is 12.4 Å². The zero-order chi connectivity index (χ0) is 37.7. The zero-order valence-electron chi connectivity index (χ0n) is 27.5. The number of alkyl halides is 6. The molecule has 0 unspecified atom stereocenters. The average molecular weight is 735 g/mol. The summed E-state index contributed by atoms with van der Waals surface area (Å²) in [4.78, 5) is 32.6. The summed E-state index contributed by atoms with van der Waals surface area (Å²) in [6.07, 6.45) is -0.791. The van der Waals surface area contributed by atoms with Crippen molar-refractivity contribution in [3.05, 3.63) is 146 Å². The standard InChI is InChI=1S/2C19H12F3N5/c20-19(21,22)17-6-5-14(10-24-17)27-18-9-16(25-11-26-18)13-4-3-12-2-1-7-23-15(12)8-13;20-19(21,22)14-5-6-17(24-10-14)27-18-9-16(25-11-26-18)13-4-3-12-2-1-7-23-15(12)8-13/h1-11H,(H,25,26,27);1-11H,(H,24,25,26,27). The van der Waals surface area contributed by atoms with Crippen molar-refractivity contribution in [2.75, 3.05) is 10.6 Å². The Bertz CT molecular complexity index is 2370. The number of rotatable bonds is 6. The highest BCUT2D eigenvalue weighted by molar-refractivity contribution is 5.84. The summed E-state index contributed by atoms with van der Waals surface area (Å²) in [5.74, 6) is 1.13. The SMILES string of the molecule is FC(F)(F)c1ccc(Nc2cc(-c3ccc4cccnc4c3)ncn2)cn1.FC(F)(F)c1ccc(Nc2cc(-c3ccc4cccnc4c3)ncn2)nc1. The van der Waals surface area contributed by atoms with Gasteiger partial charge in [-0.1, -0.05) is 36.4 Å². The number of hydrogen-bond donors (Lipinski definition) is 2. The van der Waals surface area contributed by atoms with Gasteiger partial charge in [0.15, 0.2) is 0 Å². The highest BCUT2D eigenvalue weighted by Crippen LogP contribution is 2.31. The van der Waals surface area contributed by atoms with Crippen LogP contribution in [0.2, 0.25) is 0 Å². The van der Waals surface area contributed by atoms with Crippen LogP contribution in [-0.2, 0) is 12.4 Å². The molecule has 0 bridgehead atoms. The Balaban J connectivity index is 0.000000167. The number of hydrogen-bond acceptors (Lipinski definition) is 10. The molecule has 8 aromatic rings. The van der Waals surface area contributed by atoms with E-state index in [2.05, 4.69) is 50.5 Å². The Morgan fingerprint density at radius 2 is 1.04 bits per heavy atom. The fourth-order valence-electron chi connectivity index (χ4n) is 5.17. The fraction of sp³-hybridized carbons (Fsp3) is 0.0526. The molecular formula is C38H24F6N10. The second-order valence-electron chi connectivity index (χ2n) is 11.5. The first-order valence-corrected chi connectivity index (χ1v) is 15.9. The van der Waals surface area contributed by atoms with Gasteiger partial charge in [-0.05, 0) is 48.5 Å². The summed E-state index contributed by atoms with van der Waals surface area (Å²) in [7, 11) is 0. The van der Waals surface area contributed by atoms with E-state index in [1.54, 1.807) is 24.5 Å². The average Bonchev–Trinajstić information content (AvgIpc) is 3.18. The Hall–Kier alpha value is -7.10. The summed E-state index contributed by atoms with van der Waals surface area (Å²) >= 11 is 0. The lowest BCUT2D eigenvalue weighted by Gasteiger charge is -2.09. The molecule has 2 N–H and O–H groups in total. The van der Waals surface area contributed by atoms with Crippen LogP contribution in [0, 0.1) is 0 Å². The first-order chi connectivity index (χ1) is 26.0. The lowest BCUT2D eigenvalue weighted by atomic mass is 10.1. The van der Waals surface area contributed by atoms with Gasteiger partial charge in [0, 0.05) is 52.6 Å². The van der Waals surface area contributed by atoms with E-state index in [-0.39, 0.29) is 5.82 Å². The van der Waals surface area contributed by atoms with Crippen molar-refractivity contribution in [3.8, 4) is 22.5 Å². The van der Waals surface area contributed by atoms with Gasteiger partial charge in [-0.25, -0.2) is 29.9 Å². The van der Waals surface area contributed by atoms with Crippen LogP contribution in [-0.4, -0.2) is 39.9 Å². The minimum absolute atomic E-state index is 0.257. The molecule has 2 aromatic carbocycles. The summed E-state index contributed by atoms with van der Waals surface area (Å²) in [5, 5.41) is 7.85. The van der Waals surface area contributed by atoms with Crippen molar-refractivity contribution in [2.45, 2.75) is 12.4 Å². The van der Waals surface area contributed by atoms with Gasteiger partial charge in [0.05, 0.1) is 39.9 Å². The topological polar surface area (TPSA) is 127 Å². The molecule has 268 valence electrons. The van der Waals surface area contributed by atoms with Crippen LogP contribution in [0.15, 0.2) is 135 Å². The van der Waals surface area contributed by atoms with Crippen molar-refractivity contribution in [2.24, 2.45) is 0 Å². The maximum atomic E-state index is 12.6. The summed E-state index contributed by atoms with van der Waals surface area (Å²) in [5.41, 5.74) is 3.37. The van der Waals surface area contributed by atoms with E-state index in [0.29, 0.717) is 28.7 Å². The molecule has 6 aromatic heterocycles. The van der Waals surface area contributed by atoms with Crippen molar-refractivity contribution in [1.82, 2.24) is 39.9 Å². The number of nitrogens with one attached hydrogen (secondary N) is 2. The maximum absolute atomic E-state index is 12.6. The largest absolute Gasteiger partial charge is 0.433 e. The summed E-state index contributed by atoms with van der Waals surface area (Å²) < 4.78 is 75.6. The molecule has 6 heterocycles. The van der Waals surface area contributed by atoms with Crippen LogP contribution in [0.25, 0.3) is 44.3 Å². The molecule has 10 nitrogen and oxygen atoms in total. The minimum atomic E-state index is -4.47. The van der Waals surface area contributed by atoms with Gasteiger partial charge in [-0.15, -0.1) is 0 Å². The van der Waals surface area contributed by atoms with E-state index in [4.69, 9.17) is 0 Å². The van der Waals surface area contributed by atoms with Crippen molar-refractivity contribution >= 4 is 44.9 Å². The third kappa shape index (κ3) is 8.50. The van der Waals surface area contributed by atoms with Crippen molar-refractivity contribution < 1.29 is 26.3 Å². The van der Waals surface area contributed by atoms with Crippen molar-refractivity contribution in [1.29, 1.82) is 0 Å². The van der Waals surface area contributed by atoms with Crippen LogP contribution in [0.1, 0.15) is 11.3 Å². The van der Waals surface area contributed by atoms with Gasteiger partial charge in [-0.3, -0.25) is 9.97 Å². The second kappa shape index (κ2) is 14.9. The number of benzene rings is 2.